The van der Waals surface area contributed by atoms with E-state index in [-0.39, 0.29) is 24.3 Å². The molecule has 0 radical (unpaired) electrons. The molecule has 1 aliphatic heterocycles. The van der Waals surface area contributed by atoms with Gasteiger partial charge in [-0.1, -0.05) is 0 Å². The third kappa shape index (κ3) is 3.40. The lowest BCUT2D eigenvalue weighted by atomic mass is 10.1. The van der Waals surface area contributed by atoms with Crippen molar-refractivity contribution in [2.75, 3.05) is 11.9 Å². The molecule has 1 aromatic carbocycles. The maximum Gasteiger partial charge on any atom is 0.229 e. The minimum Gasteiger partial charge on any atom is -0.339 e. The smallest absolute Gasteiger partial charge is 0.229 e. The van der Waals surface area contributed by atoms with E-state index in [4.69, 9.17) is 0 Å². The number of anilines is 1. The number of aryl methyl sites for hydroxylation is 1. The molecule has 2 heterocycles. The first-order chi connectivity index (χ1) is 11.9. The van der Waals surface area contributed by atoms with Crippen LogP contribution in [-0.2, 0) is 9.59 Å². The summed E-state index contributed by atoms with van der Waals surface area (Å²) in [7, 11) is 0. The Kier molecular flexibility index (Phi) is 4.57. The van der Waals surface area contributed by atoms with Crippen LogP contribution in [0.1, 0.15) is 26.1 Å². The van der Waals surface area contributed by atoms with Crippen LogP contribution in [0.4, 0.5) is 10.1 Å². The lowest BCUT2D eigenvalue weighted by Gasteiger charge is -2.21. The van der Waals surface area contributed by atoms with E-state index in [0.29, 0.717) is 17.9 Å². The van der Waals surface area contributed by atoms with Gasteiger partial charge in [0, 0.05) is 31.4 Å². The molecule has 1 fully saturated rings. The molecule has 1 aliphatic rings. The highest BCUT2D eigenvalue weighted by atomic mass is 19.1. The van der Waals surface area contributed by atoms with Gasteiger partial charge in [0.25, 0.3) is 0 Å². The van der Waals surface area contributed by atoms with Gasteiger partial charge in [-0.2, -0.15) is 0 Å². The molecule has 2 amide bonds. The van der Waals surface area contributed by atoms with Crippen molar-refractivity contribution in [3.63, 3.8) is 0 Å². The Morgan fingerprint density at radius 3 is 2.76 bits per heavy atom. The number of hydrogen-bond acceptors (Lipinski definition) is 3. The molecule has 1 saturated heterocycles. The summed E-state index contributed by atoms with van der Waals surface area (Å²) in [5.74, 6) is -0.455. The predicted molar refractivity (Wildman–Crippen MR) is 91.8 cm³/mol. The van der Waals surface area contributed by atoms with Gasteiger partial charge in [0.1, 0.15) is 11.6 Å². The Labute approximate surface area is 145 Å². The number of likely N-dealkylation sites (tertiary alicyclic amines) is 1. The average molecular weight is 344 g/mol. The van der Waals surface area contributed by atoms with Gasteiger partial charge in [-0.3, -0.25) is 9.59 Å². The molecule has 0 spiro atoms. The Balaban J connectivity index is 1.84. The van der Waals surface area contributed by atoms with E-state index in [0.717, 1.165) is 5.82 Å². The van der Waals surface area contributed by atoms with Crippen LogP contribution in [0.15, 0.2) is 30.6 Å². The summed E-state index contributed by atoms with van der Waals surface area (Å²) in [4.78, 5) is 30.5. The van der Waals surface area contributed by atoms with E-state index in [1.165, 1.54) is 12.1 Å². The molecule has 2 aromatic rings. The standard InChI is InChI=1S/C18H21FN4O2/c1-11(2)23-10-13(8-17(23)24)18(25)21-15-9-14(19)4-5-16(15)22-7-6-20-12(22)3/h4-7,9,11,13H,8,10H2,1-3H3,(H,21,25). The average Bonchev–Trinajstić information content (AvgIpc) is 3.13. The fourth-order valence-electron chi connectivity index (χ4n) is 3.09. The van der Waals surface area contributed by atoms with E-state index >= 15 is 0 Å². The molecule has 1 unspecified atom stereocenters. The molecule has 6 nitrogen and oxygen atoms in total. The van der Waals surface area contributed by atoms with Gasteiger partial charge >= 0.3 is 0 Å². The number of carbonyl (C=O) groups is 2. The maximum atomic E-state index is 13.7. The highest BCUT2D eigenvalue weighted by Gasteiger charge is 2.35. The van der Waals surface area contributed by atoms with Crippen LogP contribution in [0.5, 0.6) is 0 Å². The highest BCUT2D eigenvalue weighted by molar-refractivity contribution is 5.98. The lowest BCUT2D eigenvalue weighted by Crippen LogP contribution is -2.33. The summed E-state index contributed by atoms with van der Waals surface area (Å²) < 4.78 is 15.5. The number of rotatable bonds is 4. The molecule has 7 heteroatoms. The Bertz CT molecular complexity index is 815. The van der Waals surface area contributed by atoms with Crippen molar-refractivity contribution in [1.82, 2.24) is 14.5 Å². The Morgan fingerprint density at radius 1 is 1.40 bits per heavy atom. The van der Waals surface area contributed by atoms with Crippen LogP contribution in [0.3, 0.4) is 0 Å². The normalized spacial score (nSPS) is 17.4. The third-order valence-corrected chi connectivity index (χ3v) is 4.45. The first kappa shape index (κ1) is 17.1. The van der Waals surface area contributed by atoms with Gasteiger partial charge in [-0.05, 0) is 39.0 Å². The van der Waals surface area contributed by atoms with E-state index in [1.807, 2.05) is 20.8 Å². The monoisotopic (exact) mass is 344 g/mol. The van der Waals surface area contributed by atoms with Crippen molar-refractivity contribution >= 4 is 17.5 Å². The van der Waals surface area contributed by atoms with Gasteiger partial charge in [-0.25, -0.2) is 9.37 Å². The fourth-order valence-corrected chi connectivity index (χ4v) is 3.09. The van der Waals surface area contributed by atoms with Crippen molar-refractivity contribution < 1.29 is 14.0 Å². The number of carbonyl (C=O) groups excluding carboxylic acids is 2. The first-order valence-corrected chi connectivity index (χ1v) is 8.27. The topological polar surface area (TPSA) is 67.2 Å². The second-order valence-electron chi connectivity index (χ2n) is 6.54. The zero-order valence-electron chi connectivity index (χ0n) is 14.5. The Morgan fingerprint density at radius 2 is 2.16 bits per heavy atom. The van der Waals surface area contributed by atoms with Crippen LogP contribution >= 0.6 is 0 Å². The van der Waals surface area contributed by atoms with Crippen molar-refractivity contribution in [2.45, 2.75) is 33.2 Å². The molecule has 25 heavy (non-hydrogen) atoms. The largest absolute Gasteiger partial charge is 0.339 e. The summed E-state index contributed by atoms with van der Waals surface area (Å²) in [6, 6.07) is 4.27. The molecule has 3 rings (SSSR count). The summed E-state index contributed by atoms with van der Waals surface area (Å²) in [6.45, 7) is 6.05. The third-order valence-electron chi connectivity index (χ3n) is 4.45. The molecular weight excluding hydrogens is 323 g/mol. The van der Waals surface area contributed by atoms with Crippen LogP contribution in [0, 0.1) is 18.7 Å². The number of benzene rings is 1. The van der Waals surface area contributed by atoms with Crippen LogP contribution in [0.2, 0.25) is 0 Å². The molecule has 0 saturated carbocycles. The van der Waals surface area contributed by atoms with Crippen molar-refractivity contribution in [1.29, 1.82) is 0 Å². The number of halogens is 1. The van der Waals surface area contributed by atoms with Crippen LogP contribution in [0.25, 0.3) is 5.69 Å². The second-order valence-corrected chi connectivity index (χ2v) is 6.54. The van der Waals surface area contributed by atoms with Crippen LogP contribution in [-0.4, -0.2) is 38.9 Å². The summed E-state index contributed by atoms with van der Waals surface area (Å²) in [5.41, 5.74) is 0.997. The zero-order chi connectivity index (χ0) is 18.1. The van der Waals surface area contributed by atoms with Crippen LogP contribution < -0.4 is 5.32 Å². The second kappa shape index (κ2) is 6.66. The first-order valence-electron chi connectivity index (χ1n) is 8.27. The lowest BCUT2D eigenvalue weighted by molar-refractivity contribution is -0.129. The molecular formula is C18H21FN4O2. The van der Waals surface area contributed by atoms with Gasteiger partial charge in [0.05, 0.1) is 17.3 Å². The maximum absolute atomic E-state index is 13.7. The van der Waals surface area contributed by atoms with E-state index in [1.54, 1.807) is 27.9 Å². The number of aromatic nitrogens is 2. The number of hydrogen-bond donors (Lipinski definition) is 1. The molecule has 1 N–H and O–H groups in total. The van der Waals surface area contributed by atoms with E-state index in [2.05, 4.69) is 10.3 Å². The molecule has 0 bridgehead atoms. The highest BCUT2D eigenvalue weighted by Crippen LogP contribution is 2.26. The summed E-state index contributed by atoms with van der Waals surface area (Å²) >= 11 is 0. The quantitative estimate of drug-likeness (QED) is 0.927. The minimum atomic E-state index is -0.442. The summed E-state index contributed by atoms with van der Waals surface area (Å²) in [6.07, 6.45) is 3.57. The number of nitrogens with one attached hydrogen (secondary N) is 1. The zero-order valence-corrected chi connectivity index (χ0v) is 14.5. The molecule has 1 aromatic heterocycles. The van der Waals surface area contributed by atoms with Gasteiger partial charge < -0.3 is 14.8 Å². The van der Waals surface area contributed by atoms with Gasteiger partial charge in [0.2, 0.25) is 11.8 Å². The molecule has 1 atom stereocenters. The van der Waals surface area contributed by atoms with Crippen molar-refractivity contribution in [2.24, 2.45) is 5.92 Å². The Hall–Kier alpha value is -2.70. The van der Waals surface area contributed by atoms with Crippen molar-refractivity contribution in [3.05, 3.63) is 42.2 Å². The van der Waals surface area contributed by atoms with Crippen molar-refractivity contribution in [3.8, 4) is 5.69 Å². The number of amides is 2. The number of nitrogens with zero attached hydrogens (tertiary/aromatic N) is 3. The van der Waals surface area contributed by atoms with Gasteiger partial charge in [-0.15, -0.1) is 0 Å². The molecule has 0 aliphatic carbocycles. The van der Waals surface area contributed by atoms with E-state index < -0.39 is 11.7 Å². The fraction of sp³-hybridized carbons (Fsp3) is 0.389. The predicted octanol–water partition coefficient (Wildman–Crippen LogP) is 2.52. The number of imidazole rings is 1. The summed E-state index contributed by atoms with van der Waals surface area (Å²) in [5, 5.41) is 2.78. The van der Waals surface area contributed by atoms with Gasteiger partial charge in [0.15, 0.2) is 0 Å². The SMILES string of the molecule is Cc1nccn1-c1ccc(F)cc1NC(=O)C1CC(=O)N(C(C)C)C1. The minimum absolute atomic E-state index is 0.0277. The molecule has 132 valence electrons. The van der Waals surface area contributed by atoms with E-state index in [9.17, 15) is 14.0 Å².